The molecule has 0 bridgehead atoms. The molecule has 7 heteroatoms. The van der Waals surface area contributed by atoms with Gasteiger partial charge in [-0.15, -0.1) is 0 Å². The predicted molar refractivity (Wildman–Crippen MR) is 81.8 cm³/mol. The monoisotopic (exact) mass is 305 g/mol. The van der Waals surface area contributed by atoms with Crippen molar-refractivity contribution in [2.75, 3.05) is 40.5 Å². The molecule has 0 aromatic rings. The lowest BCUT2D eigenvalue weighted by molar-refractivity contribution is -0.141. The summed E-state index contributed by atoms with van der Waals surface area (Å²) in [6, 6.07) is -0.116. The molecule has 7 nitrogen and oxygen atoms in total. The molecule has 3 heterocycles. The second-order valence-electron chi connectivity index (χ2n) is 6.25. The van der Waals surface area contributed by atoms with Gasteiger partial charge >= 0.3 is 0 Å². The van der Waals surface area contributed by atoms with E-state index in [4.69, 9.17) is 0 Å². The molecule has 22 heavy (non-hydrogen) atoms. The number of hydrogen-bond acceptors (Lipinski definition) is 6. The van der Waals surface area contributed by atoms with Crippen LogP contribution in [0.4, 0.5) is 0 Å². The molecule has 3 rings (SSSR count). The van der Waals surface area contributed by atoms with Gasteiger partial charge in [-0.2, -0.15) is 0 Å². The van der Waals surface area contributed by atoms with Gasteiger partial charge in [0.25, 0.3) is 0 Å². The second kappa shape index (κ2) is 5.90. The molecule has 0 unspecified atom stereocenters. The number of imide groups is 1. The summed E-state index contributed by atoms with van der Waals surface area (Å²) in [5.41, 5.74) is 0. The summed E-state index contributed by atoms with van der Waals surface area (Å²) in [5.74, 6) is -0.0777. The van der Waals surface area contributed by atoms with E-state index >= 15 is 0 Å². The van der Waals surface area contributed by atoms with Crippen LogP contribution in [-0.2, 0) is 9.59 Å². The molecule has 2 amide bonds. The van der Waals surface area contributed by atoms with Crippen molar-refractivity contribution >= 4 is 11.8 Å². The third kappa shape index (κ3) is 3.03. The largest absolute Gasteiger partial charge is 0.362 e. The van der Waals surface area contributed by atoms with Crippen LogP contribution in [0.15, 0.2) is 24.8 Å². The highest BCUT2D eigenvalue weighted by atomic mass is 16.2. The van der Waals surface area contributed by atoms with Gasteiger partial charge in [0.05, 0.1) is 19.4 Å². The zero-order valence-electron chi connectivity index (χ0n) is 13.2. The Morgan fingerprint density at radius 3 is 1.68 bits per heavy atom. The Balaban J connectivity index is 1.70. The maximum absolute atomic E-state index is 12.1. The highest BCUT2D eigenvalue weighted by molar-refractivity contribution is 6.02. The Hall–Kier alpha value is -2.18. The number of carbonyl (C=O) groups is 2. The minimum atomic E-state index is -0.116. The molecule has 0 atom stereocenters. The topological polar surface area (TPSA) is 50.3 Å². The maximum Gasteiger partial charge on any atom is 0.230 e. The first-order chi connectivity index (χ1) is 10.5. The third-order valence-corrected chi connectivity index (χ3v) is 4.22. The molecule has 3 aliphatic heterocycles. The van der Waals surface area contributed by atoms with E-state index in [2.05, 4.69) is 19.6 Å². The smallest absolute Gasteiger partial charge is 0.230 e. The average Bonchev–Trinajstić information content (AvgIpc) is 3.13. The number of amides is 2. The number of rotatable bonds is 5. The van der Waals surface area contributed by atoms with Crippen LogP contribution in [0.25, 0.3) is 0 Å². The van der Waals surface area contributed by atoms with Crippen LogP contribution in [0.5, 0.6) is 0 Å². The number of nitrogens with zero attached hydrogens (tertiary/aromatic N) is 5. The van der Waals surface area contributed by atoms with Crippen molar-refractivity contribution < 1.29 is 9.59 Å². The van der Waals surface area contributed by atoms with Crippen LogP contribution >= 0.6 is 0 Å². The van der Waals surface area contributed by atoms with Crippen LogP contribution in [-0.4, -0.2) is 82.9 Å². The van der Waals surface area contributed by atoms with Gasteiger partial charge in [-0.05, 0) is 0 Å². The molecule has 1 fully saturated rings. The fourth-order valence-corrected chi connectivity index (χ4v) is 3.18. The molecule has 0 saturated carbocycles. The molecular weight excluding hydrogens is 282 g/mol. The maximum atomic E-state index is 12.1. The zero-order chi connectivity index (χ0) is 15.7. The van der Waals surface area contributed by atoms with Crippen molar-refractivity contribution in [1.29, 1.82) is 0 Å². The summed E-state index contributed by atoms with van der Waals surface area (Å²) in [6.45, 7) is 2.93. The molecule has 0 aromatic heterocycles. The van der Waals surface area contributed by atoms with E-state index in [1.54, 1.807) is 0 Å². The van der Waals surface area contributed by atoms with Crippen molar-refractivity contribution in [3.05, 3.63) is 24.8 Å². The minimum absolute atomic E-state index is 0.0388. The number of hydrogen-bond donors (Lipinski definition) is 0. The molecular formula is C15H23N5O2. The van der Waals surface area contributed by atoms with Gasteiger partial charge in [-0.3, -0.25) is 14.5 Å². The van der Waals surface area contributed by atoms with Crippen LogP contribution in [0.2, 0.25) is 0 Å². The Morgan fingerprint density at radius 1 is 0.864 bits per heavy atom. The summed E-state index contributed by atoms with van der Waals surface area (Å²) in [4.78, 5) is 34.2. The lowest BCUT2D eigenvalue weighted by Crippen LogP contribution is -2.51. The Kier molecular flexibility index (Phi) is 3.96. The van der Waals surface area contributed by atoms with Gasteiger partial charge in [0, 0.05) is 64.8 Å². The lowest BCUT2D eigenvalue weighted by atomic mass is 10.2. The van der Waals surface area contributed by atoms with Crippen molar-refractivity contribution in [2.45, 2.75) is 18.9 Å². The van der Waals surface area contributed by atoms with Gasteiger partial charge in [0.2, 0.25) is 11.8 Å². The molecule has 120 valence electrons. The molecule has 0 aromatic carbocycles. The zero-order valence-corrected chi connectivity index (χ0v) is 13.2. The minimum Gasteiger partial charge on any atom is -0.362 e. The van der Waals surface area contributed by atoms with Gasteiger partial charge < -0.3 is 19.6 Å². The van der Waals surface area contributed by atoms with E-state index in [1.165, 1.54) is 4.90 Å². The second-order valence-corrected chi connectivity index (χ2v) is 6.25. The van der Waals surface area contributed by atoms with E-state index < -0.39 is 0 Å². The van der Waals surface area contributed by atoms with E-state index in [1.807, 2.05) is 38.9 Å². The van der Waals surface area contributed by atoms with Crippen molar-refractivity contribution in [3.8, 4) is 0 Å². The fraction of sp³-hybridized carbons (Fsp3) is 0.600. The molecule has 0 spiro atoms. The Morgan fingerprint density at radius 2 is 1.32 bits per heavy atom. The van der Waals surface area contributed by atoms with Crippen LogP contribution in [0.1, 0.15) is 12.8 Å². The molecule has 0 aliphatic carbocycles. The summed E-state index contributed by atoms with van der Waals surface area (Å²) in [6.07, 6.45) is 8.75. The van der Waals surface area contributed by atoms with Gasteiger partial charge in [-0.25, -0.2) is 0 Å². The summed E-state index contributed by atoms with van der Waals surface area (Å²) < 4.78 is 0. The van der Waals surface area contributed by atoms with Gasteiger partial charge in [-0.1, -0.05) is 0 Å². The first-order valence-corrected chi connectivity index (χ1v) is 7.63. The van der Waals surface area contributed by atoms with Crippen molar-refractivity contribution in [3.63, 3.8) is 0 Å². The van der Waals surface area contributed by atoms with Crippen LogP contribution in [0, 0.1) is 0 Å². The highest BCUT2D eigenvalue weighted by Gasteiger charge is 2.36. The van der Waals surface area contributed by atoms with Crippen LogP contribution in [0.3, 0.4) is 0 Å². The molecule has 3 aliphatic rings. The first kappa shape index (κ1) is 14.7. The lowest BCUT2D eigenvalue weighted by Gasteiger charge is -2.33. The van der Waals surface area contributed by atoms with E-state index in [0.29, 0.717) is 25.9 Å². The average molecular weight is 305 g/mol. The van der Waals surface area contributed by atoms with Crippen molar-refractivity contribution in [1.82, 2.24) is 24.5 Å². The van der Waals surface area contributed by atoms with Gasteiger partial charge in [0.1, 0.15) is 0 Å². The van der Waals surface area contributed by atoms with Crippen LogP contribution < -0.4 is 0 Å². The molecule has 0 N–H and O–H groups in total. The Labute approximate surface area is 131 Å². The third-order valence-electron chi connectivity index (χ3n) is 4.22. The number of carbonyl (C=O) groups excluding carboxylic acids is 2. The normalized spacial score (nSPS) is 21.5. The first-order valence-electron chi connectivity index (χ1n) is 7.63. The van der Waals surface area contributed by atoms with E-state index in [9.17, 15) is 9.59 Å². The quantitative estimate of drug-likeness (QED) is 0.659. The molecule has 1 saturated heterocycles. The van der Waals surface area contributed by atoms with E-state index in [0.717, 1.165) is 13.3 Å². The summed E-state index contributed by atoms with van der Waals surface area (Å²) in [5, 5.41) is 0. The summed E-state index contributed by atoms with van der Waals surface area (Å²) in [7, 11) is 4.02. The van der Waals surface area contributed by atoms with Gasteiger partial charge in [0.15, 0.2) is 0 Å². The fourth-order valence-electron chi connectivity index (χ4n) is 3.18. The molecule has 0 radical (unpaired) electrons. The van der Waals surface area contributed by atoms with E-state index in [-0.39, 0.29) is 17.9 Å². The number of likely N-dealkylation sites (tertiary alicyclic amines) is 1. The SMILES string of the molecule is CN1C=CN(CC(CN2C=CN(C)C2)N2C(=O)CCC2=O)C1. The highest BCUT2D eigenvalue weighted by Crippen LogP contribution is 2.19. The predicted octanol–water partition coefficient (Wildman–Crippen LogP) is -0.144. The standard InChI is InChI=1S/C15H23N5O2/c1-16-5-7-18(11-16)9-13(10-19-8-6-17(2)12-19)20-14(21)3-4-15(20)22/h5-8,13H,3-4,9-12H2,1-2H3. The summed E-state index contributed by atoms with van der Waals surface area (Å²) >= 11 is 0. The Bertz CT molecular complexity index is 474. The van der Waals surface area contributed by atoms with Crippen molar-refractivity contribution in [2.24, 2.45) is 0 Å².